The molecule has 0 unspecified atom stereocenters. The maximum atomic E-state index is 10.8. The number of nitrogens with zero attached hydrogens (tertiary/aromatic N) is 1. The van der Waals surface area contributed by atoms with Gasteiger partial charge in [-0.3, -0.25) is 14.9 Å². The van der Waals surface area contributed by atoms with Crippen molar-refractivity contribution < 1.29 is 19.6 Å². The zero-order chi connectivity index (χ0) is 15.4. The molecule has 0 saturated carbocycles. The van der Waals surface area contributed by atoms with Gasteiger partial charge in [0.25, 0.3) is 5.69 Å². The highest BCUT2D eigenvalue weighted by Crippen LogP contribution is 2.31. The van der Waals surface area contributed by atoms with E-state index in [9.17, 15) is 14.9 Å². The number of hydrogen-bond donors (Lipinski definition) is 1. The molecule has 0 aliphatic rings. The van der Waals surface area contributed by atoms with Gasteiger partial charge in [0, 0.05) is 11.6 Å². The molecule has 0 bridgehead atoms. The third kappa shape index (κ3) is 3.56. The number of hydrogen-bond acceptors (Lipinski definition) is 4. The lowest BCUT2D eigenvalue weighted by molar-refractivity contribution is -0.384. The Morgan fingerprint density at radius 1 is 1.24 bits per heavy atom. The first-order valence-corrected chi connectivity index (χ1v) is 6.20. The van der Waals surface area contributed by atoms with Crippen LogP contribution in [0.4, 0.5) is 5.69 Å². The minimum absolute atomic E-state index is 0.0775. The van der Waals surface area contributed by atoms with Gasteiger partial charge in [-0.2, -0.15) is 0 Å². The van der Waals surface area contributed by atoms with Gasteiger partial charge in [0.1, 0.15) is 11.5 Å². The number of para-hydroxylation sites is 1. The summed E-state index contributed by atoms with van der Waals surface area (Å²) >= 11 is 0. The van der Waals surface area contributed by atoms with Crippen LogP contribution in [-0.4, -0.2) is 16.0 Å². The Labute approximate surface area is 120 Å². The van der Waals surface area contributed by atoms with Crippen LogP contribution in [0.15, 0.2) is 42.5 Å². The average molecular weight is 287 g/mol. The molecule has 0 aliphatic carbocycles. The topological polar surface area (TPSA) is 89.7 Å². The summed E-state index contributed by atoms with van der Waals surface area (Å²) in [6, 6.07) is 11.0. The summed E-state index contributed by atoms with van der Waals surface area (Å²) in [5.41, 5.74) is 1.16. The number of aryl methyl sites for hydroxylation is 1. The Bertz CT molecular complexity index is 696. The molecule has 6 heteroatoms. The van der Waals surface area contributed by atoms with Crippen molar-refractivity contribution in [3.63, 3.8) is 0 Å². The lowest BCUT2D eigenvalue weighted by Gasteiger charge is -2.11. The number of nitro benzene ring substituents is 1. The number of non-ortho nitro benzene ring substituents is 1. The highest BCUT2D eigenvalue weighted by molar-refractivity contribution is 5.71. The van der Waals surface area contributed by atoms with Crippen LogP contribution < -0.4 is 4.74 Å². The highest BCUT2D eigenvalue weighted by atomic mass is 16.6. The second-order valence-corrected chi connectivity index (χ2v) is 4.49. The zero-order valence-corrected chi connectivity index (χ0v) is 11.3. The van der Waals surface area contributed by atoms with E-state index in [-0.39, 0.29) is 12.1 Å². The van der Waals surface area contributed by atoms with E-state index in [1.807, 2.05) is 0 Å². The van der Waals surface area contributed by atoms with Gasteiger partial charge >= 0.3 is 5.97 Å². The van der Waals surface area contributed by atoms with E-state index in [0.717, 1.165) is 5.56 Å². The number of carboxylic acid groups (broad SMARTS) is 1. The van der Waals surface area contributed by atoms with Gasteiger partial charge in [0.05, 0.1) is 17.4 Å². The van der Waals surface area contributed by atoms with Crippen molar-refractivity contribution in [2.45, 2.75) is 13.3 Å². The van der Waals surface area contributed by atoms with Gasteiger partial charge in [0.2, 0.25) is 0 Å². The molecule has 0 aromatic heterocycles. The van der Waals surface area contributed by atoms with E-state index in [2.05, 4.69) is 0 Å². The molecule has 0 radical (unpaired) electrons. The zero-order valence-electron chi connectivity index (χ0n) is 11.3. The predicted octanol–water partition coefficient (Wildman–Crippen LogP) is 3.32. The summed E-state index contributed by atoms with van der Waals surface area (Å²) < 4.78 is 5.66. The van der Waals surface area contributed by atoms with Gasteiger partial charge in [0.15, 0.2) is 0 Å². The average Bonchev–Trinajstić information content (AvgIpc) is 2.42. The van der Waals surface area contributed by atoms with Crippen LogP contribution in [0.2, 0.25) is 0 Å². The standard InChI is InChI=1S/C15H13NO5/c1-10-6-7-12(16(19)20)9-14(10)21-13-5-3-2-4-11(13)8-15(17)18/h2-7,9H,8H2,1H3,(H,17,18). The van der Waals surface area contributed by atoms with Gasteiger partial charge in [-0.25, -0.2) is 0 Å². The number of rotatable bonds is 5. The second-order valence-electron chi connectivity index (χ2n) is 4.49. The number of ether oxygens (including phenoxy) is 1. The third-order valence-electron chi connectivity index (χ3n) is 2.92. The van der Waals surface area contributed by atoms with Crippen LogP contribution in [0.1, 0.15) is 11.1 Å². The normalized spacial score (nSPS) is 10.1. The monoisotopic (exact) mass is 287 g/mol. The molecule has 2 aromatic rings. The summed E-state index contributed by atoms with van der Waals surface area (Å²) in [4.78, 5) is 21.1. The third-order valence-corrected chi connectivity index (χ3v) is 2.92. The smallest absolute Gasteiger partial charge is 0.307 e. The van der Waals surface area contributed by atoms with E-state index in [4.69, 9.17) is 9.84 Å². The molecule has 0 heterocycles. The van der Waals surface area contributed by atoms with Crippen molar-refractivity contribution in [3.05, 3.63) is 63.7 Å². The first kappa shape index (κ1) is 14.5. The molecule has 21 heavy (non-hydrogen) atoms. The minimum Gasteiger partial charge on any atom is -0.481 e. The fourth-order valence-electron chi connectivity index (χ4n) is 1.84. The molecule has 0 aliphatic heterocycles. The van der Waals surface area contributed by atoms with Crippen LogP contribution in [0.5, 0.6) is 11.5 Å². The fourth-order valence-corrected chi connectivity index (χ4v) is 1.84. The Balaban J connectivity index is 2.36. The lowest BCUT2D eigenvalue weighted by atomic mass is 10.1. The molecule has 2 aromatic carbocycles. The molecule has 0 saturated heterocycles. The number of benzene rings is 2. The van der Waals surface area contributed by atoms with Gasteiger partial charge in [-0.05, 0) is 24.6 Å². The van der Waals surface area contributed by atoms with Crippen LogP contribution in [-0.2, 0) is 11.2 Å². The molecule has 108 valence electrons. The molecule has 2 rings (SSSR count). The lowest BCUT2D eigenvalue weighted by Crippen LogP contribution is -2.02. The summed E-state index contributed by atoms with van der Waals surface area (Å²) in [7, 11) is 0. The quantitative estimate of drug-likeness (QED) is 0.673. The Hall–Kier alpha value is -2.89. The van der Waals surface area contributed by atoms with Crippen LogP contribution in [0.3, 0.4) is 0 Å². The van der Waals surface area contributed by atoms with Gasteiger partial charge in [-0.1, -0.05) is 18.2 Å². The van der Waals surface area contributed by atoms with Crippen molar-refractivity contribution in [2.24, 2.45) is 0 Å². The number of carbonyl (C=O) groups is 1. The summed E-state index contributed by atoms with van der Waals surface area (Å²) in [6.45, 7) is 1.76. The first-order chi connectivity index (χ1) is 9.97. The number of nitro groups is 1. The largest absolute Gasteiger partial charge is 0.481 e. The summed E-state index contributed by atoms with van der Waals surface area (Å²) in [5, 5.41) is 19.7. The van der Waals surface area contributed by atoms with Gasteiger partial charge < -0.3 is 9.84 Å². The van der Waals surface area contributed by atoms with Crippen molar-refractivity contribution in [2.75, 3.05) is 0 Å². The second kappa shape index (κ2) is 6.04. The predicted molar refractivity (Wildman–Crippen MR) is 75.7 cm³/mol. The van der Waals surface area contributed by atoms with E-state index in [0.29, 0.717) is 17.1 Å². The van der Waals surface area contributed by atoms with E-state index in [1.165, 1.54) is 12.1 Å². The van der Waals surface area contributed by atoms with Crippen LogP contribution in [0.25, 0.3) is 0 Å². The molecule has 1 N–H and O–H groups in total. The van der Waals surface area contributed by atoms with Crippen molar-refractivity contribution >= 4 is 11.7 Å². The van der Waals surface area contributed by atoms with E-state index < -0.39 is 10.9 Å². The molecular weight excluding hydrogens is 274 g/mol. The fraction of sp³-hybridized carbons (Fsp3) is 0.133. The van der Waals surface area contributed by atoms with Gasteiger partial charge in [-0.15, -0.1) is 0 Å². The highest BCUT2D eigenvalue weighted by Gasteiger charge is 2.13. The molecule has 0 fully saturated rings. The maximum Gasteiger partial charge on any atom is 0.307 e. The van der Waals surface area contributed by atoms with Crippen molar-refractivity contribution in [1.29, 1.82) is 0 Å². The first-order valence-electron chi connectivity index (χ1n) is 6.20. The Morgan fingerprint density at radius 2 is 1.95 bits per heavy atom. The molecule has 6 nitrogen and oxygen atoms in total. The maximum absolute atomic E-state index is 10.8. The Kier molecular flexibility index (Phi) is 4.18. The van der Waals surface area contributed by atoms with Crippen molar-refractivity contribution in [3.8, 4) is 11.5 Å². The van der Waals surface area contributed by atoms with E-state index in [1.54, 1.807) is 37.3 Å². The van der Waals surface area contributed by atoms with E-state index >= 15 is 0 Å². The van der Waals surface area contributed by atoms with Crippen molar-refractivity contribution in [1.82, 2.24) is 0 Å². The molecular formula is C15H13NO5. The minimum atomic E-state index is -0.971. The number of carboxylic acids is 1. The SMILES string of the molecule is Cc1ccc([N+](=O)[O-])cc1Oc1ccccc1CC(=O)O. The number of aliphatic carboxylic acids is 1. The molecule has 0 amide bonds. The summed E-state index contributed by atoms with van der Waals surface area (Å²) in [5.74, 6) is -0.257. The van der Waals surface area contributed by atoms with Crippen LogP contribution in [0, 0.1) is 17.0 Å². The summed E-state index contributed by atoms with van der Waals surface area (Å²) in [6.07, 6.45) is -0.176. The Morgan fingerprint density at radius 3 is 2.62 bits per heavy atom. The molecule has 0 spiro atoms. The molecule has 0 atom stereocenters. The van der Waals surface area contributed by atoms with Crippen LogP contribution >= 0.6 is 0 Å².